The molecule has 0 rings (SSSR count). The maximum absolute atomic E-state index is 11.2. The van der Waals surface area contributed by atoms with Crippen LogP contribution in [0.1, 0.15) is 13.3 Å². The van der Waals surface area contributed by atoms with Crippen LogP contribution in [-0.2, 0) is 14.4 Å². The molecule has 82 valence electrons. The smallest absolute Gasteiger partial charge is 0.277 e. The maximum Gasteiger partial charge on any atom is 0.277 e. The fourth-order valence-corrected chi connectivity index (χ4v) is 0.797. The first kappa shape index (κ1) is 13.0. The second-order valence-electron chi connectivity index (χ2n) is 2.73. The second kappa shape index (κ2) is 5.69. The zero-order chi connectivity index (χ0) is 11.3. The molecule has 0 saturated heterocycles. The summed E-state index contributed by atoms with van der Waals surface area (Å²) >= 11 is 0. The van der Waals surface area contributed by atoms with Crippen molar-refractivity contribution in [3.05, 3.63) is 0 Å². The van der Waals surface area contributed by atoms with Gasteiger partial charge in [-0.05, 0) is 0 Å². The first-order valence-corrected chi connectivity index (χ1v) is 4.16. The summed E-state index contributed by atoms with van der Waals surface area (Å²) in [6.07, 6.45) is -3.40. The van der Waals surface area contributed by atoms with Crippen molar-refractivity contribution >= 4 is 11.7 Å². The van der Waals surface area contributed by atoms with E-state index in [9.17, 15) is 19.8 Å². The van der Waals surface area contributed by atoms with Crippen molar-refractivity contribution in [1.29, 1.82) is 0 Å². The lowest BCUT2D eigenvalue weighted by atomic mass is 10.1. The second-order valence-corrected chi connectivity index (χ2v) is 2.73. The van der Waals surface area contributed by atoms with Crippen LogP contribution < -0.4 is 0 Å². The van der Waals surface area contributed by atoms with E-state index >= 15 is 0 Å². The van der Waals surface area contributed by atoms with Gasteiger partial charge in [0.05, 0.1) is 7.11 Å². The number of hydroxylamine groups is 2. The summed E-state index contributed by atoms with van der Waals surface area (Å²) in [4.78, 5) is 26.6. The third-order valence-corrected chi connectivity index (χ3v) is 1.81. The van der Waals surface area contributed by atoms with Gasteiger partial charge in [0, 0.05) is 13.5 Å². The minimum Gasteiger partial charge on any atom is -0.382 e. The van der Waals surface area contributed by atoms with Gasteiger partial charge in [0.1, 0.15) is 6.10 Å². The van der Waals surface area contributed by atoms with Crippen LogP contribution in [0.3, 0.4) is 0 Å². The van der Waals surface area contributed by atoms with E-state index < -0.39 is 23.9 Å². The van der Waals surface area contributed by atoms with Gasteiger partial charge in [-0.15, -0.1) is 0 Å². The molecule has 0 heterocycles. The molecule has 0 radical (unpaired) electrons. The normalized spacial score (nSPS) is 14.6. The molecule has 14 heavy (non-hydrogen) atoms. The standard InChI is InChI=1S/C8H15NO5/c1-4-5(10)6(11)7(12)8(13)9(2)14-3/h6-7,11-12H,4H2,1-3H3/t6-,7+/m0/s1. The summed E-state index contributed by atoms with van der Waals surface area (Å²) in [7, 11) is 2.51. The van der Waals surface area contributed by atoms with E-state index in [1.807, 2.05) is 0 Å². The molecule has 0 fully saturated rings. The number of carbonyl (C=O) groups is 2. The van der Waals surface area contributed by atoms with E-state index in [0.29, 0.717) is 0 Å². The number of ketones is 1. The Morgan fingerprint density at radius 3 is 2.21 bits per heavy atom. The Hall–Kier alpha value is -0.980. The van der Waals surface area contributed by atoms with Gasteiger partial charge in [-0.2, -0.15) is 0 Å². The fraction of sp³-hybridized carbons (Fsp3) is 0.750. The average Bonchev–Trinajstić information content (AvgIpc) is 2.23. The van der Waals surface area contributed by atoms with Crippen LogP contribution >= 0.6 is 0 Å². The number of amides is 1. The fourth-order valence-electron chi connectivity index (χ4n) is 0.797. The number of likely N-dealkylation sites (N-methyl/N-ethyl adjacent to an activating group) is 1. The molecule has 2 atom stereocenters. The maximum atomic E-state index is 11.2. The van der Waals surface area contributed by atoms with Crippen LogP contribution in [-0.4, -0.2) is 53.3 Å². The summed E-state index contributed by atoms with van der Waals surface area (Å²) in [5, 5.41) is 19.2. The largest absolute Gasteiger partial charge is 0.382 e. The minimum absolute atomic E-state index is 0.0577. The van der Waals surface area contributed by atoms with Crippen molar-refractivity contribution in [2.45, 2.75) is 25.6 Å². The molecule has 0 aromatic rings. The number of aliphatic hydroxyl groups is 2. The predicted octanol–water partition coefficient (Wildman–Crippen LogP) is -1.29. The Labute approximate surface area is 82.0 Å². The number of hydrogen-bond donors (Lipinski definition) is 2. The quantitative estimate of drug-likeness (QED) is 0.545. The molecule has 0 unspecified atom stereocenters. The van der Waals surface area contributed by atoms with Crippen LogP contribution in [0.5, 0.6) is 0 Å². The number of aliphatic hydroxyl groups excluding tert-OH is 2. The molecular weight excluding hydrogens is 190 g/mol. The Kier molecular flexibility index (Phi) is 5.29. The molecule has 6 nitrogen and oxygen atoms in total. The van der Waals surface area contributed by atoms with Crippen molar-refractivity contribution in [1.82, 2.24) is 5.06 Å². The first-order chi connectivity index (χ1) is 6.45. The predicted molar refractivity (Wildman–Crippen MR) is 47.1 cm³/mol. The van der Waals surface area contributed by atoms with Gasteiger partial charge >= 0.3 is 0 Å². The molecule has 0 bridgehead atoms. The highest BCUT2D eigenvalue weighted by Crippen LogP contribution is 2.02. The molecule has 0 spiro atoms. The zero-order valence-electron chi connectivity index (χ0n) is 8.43. The molecule has 0 aliphatic rings. The van der Waals surface area contributed by atoms with Gasteiger partial charge in [-0.1, -0.05) is 6.92 Å². The van der Waals surface area contributed by atoms with E-state index in [-0.39, 0.29) is 6.42 Å². The number of hydrogen-bond acceptors (Lipinski definition) is 5. The van der Waals surface area contributed by atoms with Crippen molar-refractivity contribution in [2.75, 3.05) is 14.2 Å². The van der Waals surface area contributed by atoms with E-state index in [2.05, 4.69) is 4.84 Å². The van der Waals surface area contributed by atoms with Crippen molar-refractivity contribution < 1.29 is 24.6 Å². The topological polar surface area (TPSA) is 87.1 Å². The van der Waals surface area contributed by atoms with Crippen molar-refractivity contribution in [2.24, 2.45) is 0 Å². The molecule has 6 heteroatoms. The highest BCUT2D eigenvalue weighted by atomic mass is 16.7. The summed E-state index contributed by atoms with van der Waals surface area (Å²) in [5.41, 5.74) is 0. The molecule has 0 saturated carbocycles. The average molecular weight is 205 g/mol. The summed E-state index contributed by atoms with van der Waals surface area (Å²) < 4.78 is 0. The lowest BCUT2D eigenvalue weighted by Crippen LogP contribution is -2.45. The van der Waals surface area contributed by atoms with Gasteiger partial charge in [-0.3, -0.25) is 14.4 Å². The van der Waals surface area contributed by atoms with Crippen LogP contribution in [0.25, 0.3) is 0 Å². The van der Waals surface area contributed by atoms with Crippen LogP contribution in [0, 0.1) is 0 Å². The lowest BCUT2D eigenvalue weighted by Gasteiger charge is -2.20. The van der Waals surface area contributed by atoms with E-state index in [4.69, 9.17) is 0 Å². The number of nitrogens with zero attached hydrogens (tertiary/aromatic N) is 1. The zero-order valence-corrected chi connectivity index (χ0v) is 8.43. The molecule has 2 N–H and O–H groups in total. The third kappa shape index (κ3) is 3.06. The highest BCUT2D eigenvalue weighted by Gasteiger charge is 2.31. The Balaban J connectivity index is 4.38. The Morgan fingerprint density at radius 1 is 1.36 bits per heavy atom. The Morgan fingerprint density at radius 2 is 1.86 bits per heavy atom. The van der Waals surface area contributed by atoms with Crippen molar-refractivity contribution in [3.8, 4) is 0 Å². The number of Topliss-reactive ketones (excluding diaryl/α,β-unsaturated/α-hetero) is 1. The number of carbonyl (C=O) groups excluding carboxylic acids is 2. The van der Waals surface area contributed by atoms with Crippen LogP contribution in [0.2, 0.25) is 0 Å². The monoisotopic (exact) mass is 205 g/mol. The van der Waals surface area contributed by atoms with Crippen LogP contribution in [0.4, 0.5) is 0 Å². The minimum atomic E-state index is -1.77. The van der Waals surface area contributed by atoms with Gasteiger partial charge in [-0.25, -0.2) is 5.06 Å². The van der Waals surface area contributed by atoms with Gasteiger partial charge in [0.15, 0.2) is 11.9 Å². The summed E-state index contributed by atoms with van der Waals surface area (Å²) in [6.45, 7) is 1.53. The lowest BCUT2D eigenvalue weighted by molar-refractivity contribution is -0.184. The van der Waals surface area contributed by atoms with E-state index in [1.165, 1.54) is 21.1 Å². The highest BCUT2D eigenvalue weighted by molar-refractivity contribution is 5.91. The molecule has 1 amide bonds. The summed E-state index contributed by atoms with van der Waals surface area (Å²) in [6, 6.07) is 0. The van der Waals surface area contributed by atoms with Gasteiger partial charge < -0.3 is 10.2 Å². The molecular formula is C8H15NO5. The summed E-state index contributed by atoms with van der Waals surface area (Å²) in [5.74, 6) is -1.45. The van der Waals surface area contributed by atoms with Crippen LogP contribution in [0.15, 0.2) is 0 Å². The Bertz CT molecular complexity index is 218. The molecule has 0 aliphatic carbocycles. The third-order valence-electron chi connectivity index (χ3n) is 1.81. The van der Waals surface area contributed by atoms with Crippen molar-refractivity contribution in [3.63, 3.8) is 0 Å². The van der Waals surface area contributed by atoms with Gasteiger partial charge in [0.25, 0.3) is 5.91 Å². The SMILES string of the molecule is CCC(=O)[C@H](O)[C@@H](O)C(=O)N(C)OC. The molecule has 0 aromatic carbocycles. The van der Waals surface area contributed by atoms with Gasteiger partial charge in [0.2, 0.25) is 0 Å². The van der Waals surface area contributed by atoms with E-state index in [1.54, 1.807) is 0 Å². The number of rotatable bonds is 5. The molecule has 0 aromatic heterocycles. The van der Waals surface area contributed by atoms with E-state index in [0.717, 1.165) is 5.06 Å². The first-order valence-electron chi connectivity index (χ1n) is 4.16. The molecule has 0 aliphatic heterocycles.